The Bertz CT molecular complexity index is 1360. The van der Waals surface area contributed by atoms with Crippen molar-refractivity contribution in [3.63, 3.8) is 0 Å². The SMILES string of the molecule is O=C(N/N=C/c1cccc(OC(=O)c2ccco2)c1)/C(=C\c1cccs1)NC(=O)c1ccccc1. The van der Waals surface area contributed by atoms with Gasteiger partial charge in [-0.15, -0.1) is 11.3 Å². The van der Waals surface area contributed by atoms with Gasteiger partial charge in [0.05, 0.1) is 12.5 Å². The smallest absolute Gasteiger partial charge is 0.379 e. The molecule has 4 aromatic rings. The molecule has 0 saturated carbocycles. The van der Waals surface area contributed by atoms with Gasteiger partial charge in [-0.1, -0.05) is 36.4 Å². The predicted molar refractivity (Wildman–Crippen MR) is 132 cm³/mol. The van der Waals surface area contributed by atoms with Crippen molar-refractivity contribution in [1.82, 2.24) is 10.7 Å². The quantitative estimate of drug-likeness (QED) is 0.126. The van der Waals surface area contributed by atoms with E-state index in [4.69, 9.17) is 9.15 Å². The fourth-order valence-corrected chi connectivity index (χ4v) is 3.55. The number of benzene rings is 2. The number of thiophene rings is 1. The van der Waals surface area contributed by atoms with Gasteiger partial charge in [-0.3, -0.25) is 9.59 Å². The molecule has 0 atom stereocenters. The molecule has 2 aromatic carbocycles. The average Bonchev–Trinajstić information content (AvgIpc) is 3.59. The molecule has 0 saturated heterocycles. The zero-order valence-corrected chi connectivity index (χ0v) is 19.0. The monoisotopic (exact) mass is 485 g/mol. The molecule has 9 heteroatoms. The van der Waals surface area contributed by atoms with Crippen LogP contribution in [0.4, 0.5) is 0 Å². The van der Waals surface area contributed by atoms with E-state index < -0.39 is 17.8 Å². The summed E-state index contributed by atoms with van der Waals surface area (Å²) in [7, 11) is 0. The minimum absolute atomic E-state index is 0.0413. The maximum Gasteiger partial charge on any atom is 0.379 e. The Morgan fingerprint density at radius 2 is 1.80 bits per heavy atom. The average molecular weight is 486 g/mol. The van der Waals surface area contributed by atoms with Crippen molar-refractivity contribution >= 4 is 41.4 Å². The zero-order chi connectivity index (χ0) is 24.5. The van der Waals surface area contributed by atoms with Crippen molar-refractivity contribution in [2.24, 2.45) is 5.10 Å². The van der Waals surface area contributed by atoms with E-state index in [1.165, 1.54) is 29.9 Å². The van der Waals surface area contributed by atoms with Crippen molar-refractivity contribution < 1.29 is 23.5 Å². The van der Waals surface area contributed by atoms with E-state index in [1.807, 2.05) is 17.5 Å². The first-order chi connectivity index (χ1) is 17.1. The van der Waals surface area contributed by atoms with Gasteiger partial charge in [-0.25, -0.2) is 10.2 Å². The highest BCUT2D eigenvalue weighted by Crippen LogP contribution is 2.15. The Labute approximate surface area is 204 Å². The molecule has 35 heavy (non-hydrogen) atoms. The number of hydrazone groups is 1. The molecule has 4 rings (SSSR count). The van der Waals surface area contributed by atoms with Crippen LogP contribution in [0.1, 0.15) is 31.4 Å². The van der Waals surface area contributed by atoms with E-state index in [9.17, 15) is 14.4 Å². The summed E-state index contributed by atoms with van der Waals surface area (Å²) in [6, 6.07) is 21.9. The van der Waals surface area contributed by atoms with Gasteiger partial charge in [0.15, 0.2) is 0 Å². The largest absolute Gasteiger partial charge is 0.457 e. The second kappa shape index (κ2) is 11.4. The molecule has 0 aliphatic carbocycles. The van der Waals surface area contributed by atoms with Gasteiger partial charge in [0.2, 0.25) is 5.76 Å². The van der Waals surface area contributed by atoms with E-state index in [0.29, 0.717) is 11.1 Å². The molecule has 174 valence electrons. The fourth-order valence-electron chi connectivity index (χ4n) is 2.89. The standard InChI is InChI=1S/C26H19N3O5S/c30-24(19-8-2-1-3-9-19)28-22(16-21-11-6-14-35-21)25(31)29-27-17-18-7-4-10-20(15-18)34-26(32)23-12-5-13-33-23/h1-17H,(H,28,30)(H,29,31)/b22-16+,27-17+. The van der Waals surface area contributed by atoms with Gasteiger partial charge < -0.3 is 14.5 Å². The Balaban J connectivity index is 1.43. The highest BCUT2D eigenvalue weighted by atomic mass is 32.1. The molecule has 8 nitrogen and oxygen atoms in total. The zero-order valence-electron chi connectivity index (χ0n) is 18.2. The van der Waals surface area contributed by atoms with E-state index >= 15 is 0 Å². The van der Waals surface area contributed by atoms with Crippen LogP contribution in [0.5, 0.6) is 5.75 Å². The van der Waals surface area contributed by atoms with Crippen molar-refractivity contribution in [2.45, 2.75) is 0 Å². The number of ether oxygens (including phenoxy) is 1. The molecule has 0 bridgehead atoms. The Kier molecular flexibility index (Phi) is 7.62. The Hall–Kier alpha value is -4.76. The van der Waals surface area contributed by atoms with Crippen LogP contribution in [0.3, 0.4) is 0 Å². The molecule has 0 spiro atoms. The van der Waals surface area contributed by atoms with Crippen LogP contribution < -0.4 is 15.5 Å². The van der Waals surface area contributed by atoms with E-state index in [-0.39, 0.29) is 17.2 Å². The molecular formula is C26H19N3O5S. The Morgan fingerprint density at radius 1 is 0.943 bits per heavy atom. The number of rotatable bonds is 8. The van der Waals surface area contributed by atoms with Gasteiger partial charge in [0, 0.05) is 10.4 Å². The van der Waals surface area contributed by atoms with Gasteiger partial charge >= 0.3 is 5.97 Å². The number of furan rings is 1. The summed E-state index contributed by atoms with van der Waals surface area (Å²) in [5, 5.41) is 8.48. The van der Waals surface area contributed by atoms with Gasteiger partial charge in [0.1, 0.15) is 11.4 Å². The number of amides is 2. The molecule has 0 fully saturated rings. The summed E-state index contributed by atoms with van der Waals surface area (Å²) in [5.41, 5.74) is 3.45. The first kappa shape index (κ1) is 23.4. The fraction of sp³-hybridized carbons (Fsp3) is 0. The summed E-state index contributed by atoms with van der Waals surface area (Å²) >= 11 is 1.42. The molecule has 2 heterocycles. The molecule has 2 amide bonds. The summed E-state index contributed by atoms with van der Waals surface area (Å²) in [6.45, 7) is 0. The summed E-state index contributed by atoms with van der Waals surface area (Å²) in [5.74, 6) is -1.28. The van der Waals surface area contributed by atoms with Crippen LogP contribution in [-0.2, 0) is 4.79 Å². The van der Waals surface area contributed by atoms with Crippen molar-refractivity contribution in [1.29, 1.82) is 0 Å². The summed E-state index contributed by atoms with van der Waals surface area (Å²) in [6.07, 6.45) is 4.35. The molecule has 2 aromatic heterocycles. The summed E-state index contributed by atoms with van der Waals surface area (Å²) in [4.78, 5) is 38.2. The van der Waals surface area contributed by atoms with Crippen LogP contribution in [0.2, 0.25) is 0 Å². The minimum Gasteiger partial charge on any atom is -0.457 e. The third kappa shape index (κ3) is 6.62. The van der Waals surface area contributed by atoms with Crippen molar-refractivity contribution in [2.75, 3.05) is 0 Å². The van der Waals surface area contributed by atoms with E-state index in [2.05, 4.69) is 15.8 Å². The Morgan fingerprint density at radius 3 is 2.54 bits per heavy atom. The van der Waals surface area contributed by atoms with Crippen molar-refractivity contribution in [3.8, 4) is 5.75 Å². The number of hydrogen-bond acceptors (Lipinski definition) is 7. The van der Waals surface area contributed by atoms with Crippen molar-refractivity contribution in [3.05, 3.63) is 118 Å². The lowest BCUT2D eigenvalue weighted by Crippen LogP contribution is -2.32. The first-order valence-electron chi connectivity index (χ1n) is 10.4. The number of nitrogens with zero attached hydrogens (tertiary/aromatic N) is 1. The van der Waals surface area contributed by atoms with Crippen LogP contribution in [-0.4, -0.2) is 24.0 Å². The molecule has 0 radical (unpaired) electrons. The second-order valence-electron chi connectivity index (χ2n) is 7.03. The third-order valence-electron chi connectivity index (χ3n) is 4.53. The maximum absolute atomic E-state index is 12.8. The van der Waals surface area contributed by atoms with E-state index in [0.717, 1.165) is 4.88 Å². The number of carbonyl (C=O) groups is 3. The predicted octanol–water partition coefficient (Wildman–Crippen LogP) is 4.48. The second-order valence-corrected chi connectivity index (χ2v) is 8.01. The summed E-state index contributed by atoms with van der Waals surface area (Å²) < 4.78 is 10.3. The molecule has 0 aliphatic heterocycles. The highest BCUT2D eigenvalue weighted by Gasteiger charge is 2.15. The van der Waals surface area contributed by atoms with Crippen LogP contribution in [0.25, 0.3) is 6.08 Å². The highest BCUT2D eigenvalue weighted by molar-refractivity contribution is 7.10. The molecule has 0 unspecified atom stereocenters. The number of nitrogens with one attached hydrogen (secondary N) is 2. The van der Waals surface area contributed by atoms with E-state index in [1.54, 1.807) is 66.7 Å². The van der Waals surface area contributed by atoms with Gasteiger partial charge in [-0.05, 0) is 59.5 Å². The molecule has 2 N–H and O–H groups in total. The van der Waals surface area contributed by atoms with Gasteiger partial charge in [0.25, 0.3) is 11.8 Å². The number of hydrogen-bond donors (Lipinski definition) is 2. The van der Waals surface area contributed by atoms with Crippen LogP contribution >= 0.6 is 11.3 Å². The lowest BCUT2D eigenvalue weighted by molar-refractivity contribution is -0.117. The number of carbonyl (C=O) groups excluding carboxylic acids is 3. The third-order valence-corrected chi connectivity index (χ3v) is 5.35. The van der Waals surface area contributed by atoms with Crippen LogP contribution in [0, 0.1) is 0 Å². The van der Waals surface area contributed by atoms with Gasteiger partial charge in [-0.2, -0.15) is 5.10 Å². The number of esters is 1. The normalized spacial score (nSPS) is 11.3. The lowest BCUT2D eigenvalue weighted by Gasteiger charge is -2.08. The minimum atomic E-state index is -0.630. The molecular weight excluding hydrogens is 466 g/mol. The molecule has 0 aliphatic rings. The van der Waals surface area contributed by atoms with Crippen LogP contribution in [0.15, 0.2) is 106 Å². The topological polar surface area (TPSA) is 110 Å². The maximum atomic E-state index is 12.8. The first-order valence-corrected chi connectivity index (χ1v) is 11.3. The lowest BCUT2D eigenvalue weighted by atomic mass is 10.2.